The molecule has 0 aliphatic carbocycles. The number of nitro groups is 1. The summed E-state index contributed by atoms with van der Waals surface area (Å²) in [5.41, 5.74) is 5.31. The Morgan fingerprint density at radius 3 is 2.47 bits per heavy atom. The second kappa shape index (κ2) is 5.95. The van der Waals surface area contributed by atoms with Crippen LogP contribution in [0.15, 0.2) is 21.1 Å². The highest BCUT2D eigenvalue weighted by molar-refractivity contribution is 9.11. The van der Waals surface area contributed by atoms with Gasteiger partial charge in [0.15, 0.2) is 0 Å². The Kier molecular flexibility index (Phi) is 4.86. The summed E-state index contributed by atoms with van der Waals surface area (Å²) >= 11 is 6.31. The molecule has 2 N–H and O–H groups in total. The molecule has 0 aromatic heterocycles. The van der Waals surface area contributed by atoms with Gasteiger partial charge in [-0.3, -0.25) is 10.1 Å². The van der Waals surface area contributed by atoms with Crippen LogP contribution in [0.4, 0.5) is 5.69 Å². The fourth-order valence-corrected chi connectivity index (χ4v) is 2.39. The molecule has 90 valence electrons. The summed E-state index contributed by atoms with van der Waals surface area (Å²) in [6.45, 7) is 0.00547. The van der Waals surface area contributed by atoms with Crippen molar-refractivity contribution < 1.29 is 9.66 Å². The number of hydrogen-bond donors (Lipinski definition) is 1. The number of rotatable bonds is 4. The molecule has 0 saturated carbocycles. The van der Waals surface area contributed by atoms with Crippen LogP contribution in [0.1, 0.15) is 0 Å². The van der Waals surface area contributed by atoms with Gasteiger partial charge in [0.2, 0.25) is 0 Å². The van der Waals surface area contributed by atoms with E-state index < -0.39 is 11.0 Å². The molecule has 1 aromatic rings. The Morgan fingerprint density at radius 2 is 2.06 bits per heavy atom. The number of non-ortho nitro benzene ring substituents is 1. The fourth-order valence-electron chi connectivity index (χ4n) is 1.00. The summed E-state index contributed by atoms with van der Waals surface area (Å²) in [5, 5.41) is 19.1. The quantitative estimate of drug-likeness (QED) is 0.652. The molecule has 8 heteroatoms. The van der Waals surface area contributed by atoms with Gasteiger partial charge in [-0.05, 0) is 31.9 Å². The van der Waals surface area contributed by atoms with Gasteiger partial charge in [-0.1, -0.05) is 0 Å². The van der Waals surface area contributed by atoms with Crippen LogP contribution in [0.25, 0.3) is 0 Å². The van der Waals surface area contributed by atoms with Crippen molar-refractivity contribution in [3.05, 3.63) is 31.2 Å². The zero-order valence-electron chi connectivity index (χ0n) is 8.39. The van der Waals surface area contributed by atoms with Crippen LogP contribution in [0.5, 0.6) is 5.75 Å². The SMILES string of the molecule is N#CC(N)COc1c(Br)cc([N+](=O)[O-])cc1Br. The van der Waals surface area contributed by atoms with E-state index in [0.717, 1.165) is 0 Å². The van der Waals surface area contributed by atoms with Gasteiger partial charge >= 0.3 is 0 Å². The van der Waals surface area contributed by atoms with Crippen molar-refractivity contribution in [3.63, 3.8) is 0 Å². The minimum Gasteiger partial charge on any atom is -0.488 e. The van der Waals surface area contributed by atoms with Gasteiger partial charge in [0, 0.05) is 12.1 Å². The lowest BCUT2D eigenvalue weighted by Crippen LogP contribution is -2.25. The van der Waals surface area contributed by atoms with Gasteiger partial charge in [-0.25, -0.2) is 0 Å². The largest absolute Gasteiger partial charge is 0.488 e. The number of nitrogens with two attached hydrogens (primary N) is 1. The summed E-state index contributed by atoms with van der Waals surface area (Å²) in [7, 11) is 0. The monoisotopic (exact) mass is 363 g/mol. The average Bonchev–Trinajstić information content (AvgIpc) is 2.27. The second-order valence-corrected chi connectivity index (χ2v) is 4.75. The smallest absolute Gasteiger partial charge is 0.271 e. The van der Waals surface area contributed by atoms with E-state index in [0.29, 0.717) is 14.7 Å². The highest BCUT2D eigenvalue weighted by Gasteiger charge is 2.15. The molecule has 0 bridgehead atoms. The van der Waals surface area contributed by atoms with E-state index in [1.165, 1.54) is 12.1 Å². The molecule has 0 heterocycles. The predicted molar refractivity (Wildman–Crippen MR) is 67.6 cm³/mol. The van der Waals surface area contributed by atoms with E-state index in [1.807, 2.05) is 6.07 Å². The molecule has 0 radical (unpaired) electrons. The molecule has 0 fully saturated rings. The van der Waals surface area contributed by atoms with Crippen molar-refractivity contribution in [1.29, 1.82) is 5.26 Å². The number of hydrogen-bond acceptors (Lipinski definition) is 5. The molecule has 6 nitrogen and oxygen atoms in total. The molecular formula is C9H7Br2N3O3. The van der Waals surface area contributed by atoms with Crippen LogP contribution in [-0.2, 0) is 0 Å². The first kappa shape index (κ1) is 13.9. The van der Waals surface area contributed by atoms with Crippen LogP contribution < -0.4 is 10.5 Å². The van der Waals surface area contributed by atoms with Crippen molar-refractivity contribution in [1.82, 2.24) is 0 Å². The summed E-state index contributed by atoms with van der Waals surface area (Å²) in [4.78, 5) is 10.1. The molecule has 17 heavy (non-hydrogen) atoms. The molecular weight excluding hydrogens is 358 g/mol. The fraction of sp³-hybridized carbons (Fsp3) is 0.222. The van der Waals surface area contributed by atoms with Gasteiger partial charge in [0.05, 0.1) is 19.9 Å². The van der Waals surface area contributed by atoms with Gasteiger partial charge < -0.3 is 10.5 Å². The van der Waals surface area contributed by atoms with Crippen LogP contribution in [0, 0.1) is 21.4 Å². The third-order valence-corrected chi connectivity index (χ3v) is 2.94. The molecule has 0 aliphatic heterocycles. The first-order valence-electron chi connectivity index (χ1n) is 4.37. The van der Waals surface area contributed by atoms with Crippen molar-refractivity contribution in [3.8, 4) is 11.8 Å². The minimum atomic E-state index is -0.746. The molecule has 0 spiro atoms. The third-order valence-electron chi connectivity index (χ3n) is 1.77. The van der Waals surface area contributed by atoms with Crippen LogP contribution >= 0.6 is 31.9 Å². The summed E-state index contributed by atoms with van der Waals surface area (Å²) in [6, 6.07) is 3.71. The highest BCUT2D eigenvalue weighted by Crippen LogP contribution is 2.37. The Hall–Kier alpha value is -1.17. The summed E-state index contributed by atoms with van der Waals surface area (Å²) in [6.07, 6.45) is 0. The molecule has 1 rings (SSSR count). The normalized spacial score (nSPS) is 11.6. The van der Waals surface area contributed by atoms with Crippen LogP contribution in [0.3, 0.4) is 0 Å². The molecule has 1 unspecified atom stereocenters. The molecule has 0 aliphatic rings. The zero-order chi connectivity index (χ0) is 13.0. The molecule has 1 atom stereocenters. The van der Waals surface area contributed by atoms with Crippen molar-refractivity contribution in [2.45, 2.75) is 6.04 Å². The number of nitrogens with zero attached hydrogens (tertiary/aromatic N) is 2. The predicted octanol–water partition coefficient (Wildman–Crippen LogP) is 2.35. The van der Waals surface area contributed by atoms with Gasteiger partial charge in [-0.15, -0.1) is 0 Å². The molecule has 0 amide bonds. The van der Waals surface area contributed by atoms with E-state index in [2.05, 4.69) is 31.9 Å². The minimum absolute atomic E-state index is 0.00547. The van der Waals surface area contributed by atoms with Gasteiger partial charge in [-0.2, -0.15) is 5.26 Å². The highest BCUT2D eigenvalue weighted by atomic mass is 79.9. The first-order valence-corrected chi connectivity index (χ1v) is 5.95. The van der Waals surface area contributed by atoms with Crippen molar-refractivity contribution in [2.75, 3.05) is 6.61 Å². The summed E-state index contributed by atoms with van der Waals surface area (Å²) < 4.78 is 6.13. The topological polar surface area (TPSA) is 102 Å². The van der Waals surface area contributed by atoms with E-state index in [-0.39, 0.29) is 12.3 Å². The number of ether oxygens (including phenoxy) is 1. The van der Waals surface area contributed by atoms with Crippen LogP contribution in [0.2, 0.25) is 0 Å². The summed E-state index contributed by atoms with van der Waals surface area (Å²) in [5.74, 6) is 0.376. The van der Waals surface area contributed by atoms with Crippen LogP contribution in [-0.4, -0.2) is 17.6 Å². The maximum atomic E-state index is 10.6. The maximum absolute atomic E-state index is 10.6. The third kappa shape index (κ3) is 3.66. The zero-order valence-corrected chi connectivity index (χ0v) is 11.6. The second-order valence-electron chi connectivity index (χ2n) is 3.04. The van der Waals surface area contributed by atoms with E-state index >= 15 is 0 Å². The number of halogens is 2. The Balaban J connectivity index is 2.95. The van der Waals surface area contributed by atoms with Gasteiger partial charge in [0.25, 0.3) is 5.69 Å². The standard InChI is InChI=1S/C9H7Br2N3O3/c10-7-1-6(14(15)16)2-8(11)9(7)17-4-5(13)3-12/h1-2,5H,4,13H2. The van der Waals surface area contributed by atoms with Gasteiger partial charge in [0.1, 0.15) is 18.4 Å². The average molecular weight is 365 g/mol. The first-order chi connectivity index (χ1) is 7.95. The van der Waals surface area contributed by atoms with E-state index in [9.17, 15) is 10.1 Å². The lowest BCUT2D eigenvalue weighted by molar-refractivity contribution is -0.385. The van der Waals surface area contributed by atoms with E-state index in [1.54, 1.807) is 0 Å². The molecule has 1 aromatic carbocycles. The lowest BCUT2D eigenvalue weighted by atomic mass is 10.3. The Bertz CT molecular complexity index is 464. The Morgan fingerprint density at radius 1 is 1.53 bits per heavy atom. The number of nitro benzene ring substituents is 1. The molecule has 0 saturated heterocycles. The number of benzene rings is 1. The Labute approximate surface area is 114 Å². The van der Waals surface area contributed by atoms with Crippen molar-refractivity contribution in [2.24, 2.45) is 5.73 Å². The van der Waals surface area contributed by atoms with E-state index in [4.69, 9.17) is 15.7 Å². The maximum Gasteiger partial charge on any atom is 0.271 e. The number of nitriles is 1. The lowest BCUT2D eigenvalue weighted by Gasteiger charge is -2.10. The van der Waals surface area contributed by atoms with Crippen molar-refractivity contribution >= 4 is 37.5 Å².